The number of hydrogen-bond donors (Lipinski definition) is 3. The summed E-state index contributed by atoms with van der Waals surface area (Å²) in [6.07, 6.45) is 3.90. The van der Waals surface area contributed by atoms with Crippen molar-refractivity contribution in [3.8, 4) is 0 Å². The highest BCUT2D eigenvalue weighted by atomic mass is 32.1. The van der Waals surface area contributed by atoms with Gasteiger partial charge >= 0.3 is 5.97 Å². The molecular formula is C17H24N2O4S. The third kappa shape index (κ3) is 4.35. The molecule has 1 aliphatic rings. The van der Waals surface area contributed by atoms with Crippen LogP contribution in [-0.2, 0) is 22.4 Å². The highest BCUT2D eigenvalue weighted by molar-refractivity contribution is 7.17. The molecule has 0 saturated heterocycles. The normalized spacial score (nSPS) is 17.8. The standard InChI is InChI=1S/C17H24N2O4S/c1-3-10-4-5-11-12(8-10)24-17(15(11)16(18)23)19-13(20)6-9(2)7-14(21)22/h9-10H,3-8H2,1-2H3,(H2,18,23)(H,19,20)(H,21,22). The molecule has 2 unspecified atom stereocenters. The van der Waals surface area contributed by atoms with Gasteiger partial charge in [0.25, 0.3) is 5.91 Å². The molecule has 0 bridgehead atoms. The average Bonchev–Trinajstić information content (AvgIpc) is 2.82. The van der Waals surface area contributed by atoms with Crippen molar-refractivity contribution < 1.29 is 19.5 Å². The summed E-state index contributed by atoms with van der Waals surface area (Å²) in [5, 5.41) is 12.1. The molecule has 132 valence electrons. The van der Waals surface area contributed by atoms with Gasteiger partial charge in [-0.2, -0.15) is 0 Å². The van der Waals surface area contributed by atoms with Gasteiger partial charge in [0.2, 0.25) is 5.91 Å². The van der Waals surface area contributed by atoms with Gasteiger partial charge in [-0.25, -0.2) is 0 Å². The number of fused-ring (bicyclic) bond motifs is 1. The number of anilines is 1. The average molecular weight is 352 g/mol. The van der Waals surface area contributed by atoms with Crippen molar-refractivity contribution in [1.82, 2.24) is 0 Å². The second kappa shape index (κ2) is 7.79. The number of aliphatic carboxylic acids is 1. The molecule has 0 saturated carbocycles. The van der Waals surface area contributed by atoms with Crippen LogP contribution in [0.2, 0.25) is 0 Å². The zero-order chi connectivity index (χ0) is 17.9. The van der Waals surface area contributed by atoms with Crippen LogP contribution in [0, 0.1) is 11.8 Å². The molecule has 0 radical (unpaired) electrons. The van der Waals surface area contributed by atoms with Crippen LogP contribution in [0.3, 0.4) is 0 Å². The zero-order valence-electron chi connectivity index (χ0n) is 14.1. The van der Waals surface area contributed by atoms with Gasteiger partial charge in [0.1, 0.15) is 5.00 Å². The lowest BCUT2D eigenvalue weighted by Crippen LogP contribution is -2.21. The number of carbonyl (C=O) groups is 3. The number of amides is 2. The van der Waals surface area contributed by atoms with E-state index in [2.05, 4.69) is 12.2 Å². The first kappa shape index (κ1) is 18.4. The lowest BCUT2D eigenvalue weighted by atomic mass is 9.85. The largest absolute Gasteiger partial charge is 0.481 e. The number of primary amides is 1. The molecular weight excluding hydrogens is 328 g/mol. The van der Waals surface area contributed by atoms with Gasteiger partial charge in [-0.05, 0) is 36.7 Å². The molecule has 1 heterocycles. The Bertz CT molecular complexity index is 653. The minimum Gasteiger partial charge on any atom is -0.481 e. The fraction of sp³-hybridized carbons (Fsp3) is 0.588. The van der Waals surface area contributed by atoms with Gasteiger partial charge in [-0.1, -0.05) is 20.3 Å². The molecule has 2 amide bonds. The lowest BCUT2D eigenvalue weighted by Gasteiger charge is -2.20. The predicted molar refractivity (Wildman–Crippen MR) is 93.3 cm³/mol. The maximum absolute atomic E-state index is 12.2. The molecule has 2 rings (SSSR count). The van der Waals surface area contributed by atoms with Crippen molar-refractivity contribution in [2.75, 3.05) is 5.32 Å². The van der Waals surface area contributed by atoms with Crippen molar-refractivity contribution in [1.29, 1.82) is 0 Å². The van der Waals surface area contributed by atoms with Crippen molar-refractivity contribution in [3.63, 3.8) is 0 Å². The second-order valence-corrected chi connectivity index (χ2v) is 7.65. The van der Waals surface area contributed by atoms with E-state index in [4.69, 9.17) is 10.8 Å². The van der Waals surface area contributed by atoms with E-state index in [0.29, 0.717) is 16.5 Å². The Morgan fingerprint density at radius 1 is 1.38 bits per heavy atom. The summed E-state index contributed by atoms with van der Waals surface area (Å²) >= 11 is 1.43. The smallest absolute Gasteiger partial charge is 0.303 e. The summed E-state index contributed by atoms with van der Waals surface area (Å²) < 4.78 is 0. The second-order valence-electron chi connectivity index (χ2n) is 6.54. The van der Waals surface area contributed by atoms with Gasteiger partial charge in [-0.15, -0.1) is 11.3 Å². The number of thiophene rings is 1. The Balaban J connectivity index is 2.15. The van der Waals surface area contributed by atoms with Crippen LogP contribution in [0.15, 0.2) is 0 Å². The van der Waals surface area contributed by atoms with E-state index in [1.54, 1.807) is 6.92 Å². The van der Waals surface area contributed by atoms with E-state index in [9.17, 15) is 14.4 Å². The Labute approximate surface area is 145 Å². The maximum atomic E-state index is 12.2. The highest BCUT2D eigenvalue weighted by Crippen LogP contribution is 2.40. The molecule has 0 aliphatic heterocycles. The monoisotopic (exact) mass is 352 g/mol. The van der Waals surface area contributed by atoms with Crippen LogP contribution >= 0.6 is 11.3 Å². The van der Waals surface area contributed by atoms with Crippen LogP contribution in [0.5, 0.6) is 0 Å². The van der Waals surface area contributed by atoms with Crippen LogP contribution in [-0.4, -0.2) is 22.9 Å². The van der Waals surface area contributed by atoms with Crippen LogP contribution in [0.1, 0.15) is 60.3 Å². The summed E-state index contributed by atoms with van der Waals surface area (Å²) in [7, 11) is 0. The van der Waals surface area contributed by atoms with E-state index in [-0.39, 0.29) is 24.7 Å². The summed E-state index contributed by atoms with van der Waals surface area (Å²) in [4.78, 5) is 35.8. The van der Waals surface area contributed by atoms with Gasteiger partial charge < -0.3 is 16.2 Å². The fourth-order valence-corrected chi connectivity index (χ4v) is 4.60. The first-order chi connectivity index (χ1) is 11.3. The molecule has 0 spiro atoms. The molecule has 7 heteroatoms. The molecule has 24 heavy (non-hydrogen) atoms. The van der Waals surface area contributed by atoms with Crippen molar-refractivity contribution in [2.24, 2.45) is 17.6 Å². The molecule has 0 aromatic carbocycles. The third-order valence-electron chi connectivity index (χ3n) is 4.50. The molecule has 1 aliphatic carbocycles. The van der Waals surface area contributed by atoms with Gasteiger partial charge in [0, 0.05) is 17.7 Å². The Kier molecular flexibility index (Phi) is 5.99. The summed E-state index contributed by atoms with van der Waals surface area (Å²) in [5.41, 5.74) is 6.94. The van der Waals surface area contributed by atoms with E-state index in [0.717, 1.165) is 36.1 Å². The zero-order valence-corrected chi connectivity index (χ0v) is 14.9. The molecule has 0 fully saturated rings. The van der Waals surface area contributed by atoms with Crippen LogP contribution in [0.4, 0.5) is 5.00 Å². The van der Waals surface area contributed by atoms with E-state index in [1.807, 2.05) is 0 Å². The number of hydrogen-bond acceptors (Lipinski definition) is 4. The molecule has 6 nitrogen and oxygen atoms in total. The quantitative estimate of drug-likeness (QED) is 0.701. The lowest BCUT2D eigenvalue weighted by molar-refractivity contribution is -0.138. The van der Waals surface area contributed by atoms with Crippen LogP contribution < -0.4 is 11.1 Å². The van der Waals surface area contributed by atoms with Crippen molar-refractivity contribution >= 4 is 34.1 Å². The summed E-state index contributed by atoms with van der Waals surface area (Å²) in [6, 6.07) is 0. The first-order valence-electron chi connectivity index (χ1n) is 8.27. The minimum atomic E-state index is -0.926. The molecule has 2 atom stereocenters. The number of nitrogens with two attached hydrogens (primary N) is 1. The number of nitrogens with one attached hydrogen (secondary N) is 1. The molecule has 4 N–H and O–H groups in total. The predicted octanol–water partition coefficient (Wildman–Crippen LogP) is 2.80. The van der Waals surface area contributed by atoms with Gasteiger partial charge in [0.15, 0.2) is 0 Å². The number of rotatable bonds is 7. The van der Waals surface area contributed by atoms with E-state index >= 15 is 0 Å². The van der Waals surface area contributed by atoms with Gasteiger partial charge in [0.05, 0.1) is 5.56 Å². The van der Waals surface area contributed by atoms with Crippen molar-refractivity contribution in [2.45, 2.75) is 52.4 Å². The Morgan fingerprint density at radius 3 is 2.67 bits per heavy atom. The van der Waals surface area contributed by atoms with E-state index in [1.165, 1.54) is 11.3 Å². The number of carboxylic acid groups (broad SMARTS) is 1. The van der Waals surface area contributed by atoms with E-state index < -0.39 is 11.9 Å². The van der Waals surface area contributed by atoms with Crippen molar-refractivity contribution in [3.05, 3.63) is 16.0 Å². The number of carboxylic acids is 1. The fourth-order valence-electron chi connectivity index (χ4n) is 3.22. The molecule has 1 aromatic heterocycles. The SMILES string of the molecule is CCC1CCc2c(sc(NC(=O)CC(C)CC(=O)O)c2C(N)=O)C1. The van der Waals surface area contributed by atoms with Gasteiger partial charge in [-0.3, -0.25) is 14.4 Å². The highest BCUT2D eigenvalue weighted by Gasteiger charge is 2.28. The third-order valence-corrected chi connectivity index (χ3v) is 5.67. The minimum absolute atomic E-state index is 0.0603. The topological polar surface area (TPSA) is 109 Å². The maximum Gasteiger partial charge on any atom is 0.303 e. The first-order valence-corrected chi connectivity index (χ1v) is 9.09. The van der Waals surface area contributed by atoms with Crippen LogP contribution in [0.25, 0.3) is 0 Å². The summed E-state index contributed by atoms with van der Waals surface area (Å²) in [5.74, 6) is -1.38. The summed E-state index contributed by atoms with van der Waals surface area (Å²) in [6.45, 7) is 3.87. The Hall–Kier alpha value is -1.89. The Morgan fingerprint density at radius 2 is 2.08 bits per heavy atom. The molecule has 1 aromatic rings. The number of carbonyl (C=O) groups excluding carboxylic acids is 2.